The number of anilines is 1. The highest BCUT2D eigenvalue weighted by atomic mass is 16.5. The first kappa shape index (κ1) is 8.96. The molecule has 0 amide bonds. The number of aromatic amines is 1. The van der Waals surface area contributed by atoms with Crippen molar-refractivity contribution in [1.29, 1.82) is 0 Å². The van der Waals surface area contributed by atoms with Crippen LogP contribution in [-0.4, -0.2) is 15.1 Å². The molecule has 2 aromatic heterocycles. The van der Waals surface area contributed by atoms with Gasteiger partial charge in [0.1, 0.15) is 11.5 Å². The third-order valence-corrected chi connectivity index (χ3v) is 2.42. The molecule has 0 radical (unpaired) electrons. The number of fused-ring (bicyclic) bond motifs is 1. The summed E-state index contributed by atoms with van der Waals surface area (Å²) in [7, 11) is 0. The van der Waals surface area contributed by atoms with E-state index in [2.05, 4.69) is 15.1 Å². The van der Waals surface area contributed by atoms with Gasteiger partial charge in [0.25, 0.3) is 0 Å². The highest BCUT2D eigenvalue weighted by Crippen LogP contribution is 2.23. The van der Waals surface area contributed by atoms with Crippen LogP contribution in [0.5, 0.6) is 0 Å². The molecule has 80 valence electrons. The number of nitrogens with two attached hydrogens (primary N) is 1. The van der Waals surface area contributed by atoms with Crippen LogP contribution in [-0.2, 0) is 0 Å². The lowest BCUT2D eigenvalue weighted by Gasteiger charge is -1.94. The molecule has 0 aliphatic heterocycles. The summed E-state index contributed by atoms with van der Waals surface area (Å²) in [6.07, 6.45) is 0. The number of hydrogen-bond donors (Lipinski definition) is 2. The minimum absolute atomic E-state index is 0.316. The van der Waals surface area contributed by atoms with E-state index in [1.165, 1.54) is 0 Å². The Labute approximate surface area is 91.3 Å². The number of nitrogens with one attached hydrogen (secondary N) is 1. The molecule has 0 saturated heterocycles. The lowest BCUT2D eigenvalue weighted by Crippen LogP contribution is -1.78. The van der Waals surface area contributed by atoms with E-state index >= 15 is 0 Å². The number of aromatic nitrogens is 3. The Hall–Kier alpha value is -2.30. The molecule has 0 bridgehead atoms. The predicted octanol–water partition coefficient (Wildman–Crippen LogP) is 2.11. The van der Waals surface area contributed by atoms with Gasteiger partial charge in [-0.3, -0.25) is 0 Å². The van der Waals surface area contributed by atoms with Gasteiger partial charge in [0.05, 0.1) is 11.0 Å². The van der Waals surface area contributed by atoms with Crippen LogP contribution in [0.15, 0.2) is 28.8 Å². The number of imidazole rings is 1. The molecule has 1 aromatic carbocycles. The van der Waals surface area contributed by atoms with Gasteiger partial charge in [0.15, 0.2) is 0 Å². The number of rotatable bonds is 1. The lowest BCUT2D eigenvalue weighted by atomic mass is 10.1. The van der Waals surface area contributed by atoms with Crippen molar-refractivity contribution in [3.8, 4) is 11.3 Å². The number of aryl methyl sites for hydroxylation is 1. The van der Waals surface area contributed by atoms with Crippen molar-refractivity contribution in [1.82, 2.24) is 15.1 Å². The predicted molar refractivity (Wildman–Crippen MR) is 60.7 cm³/mol. The summed E-state index contributed by atoms with van der Waals surface area (Å²) in [5, 5.41) is 3.87. The van der Waals surface area contributed by atoms with Gasteiger partial charge in [-0.05, 0) is 19.1 Å². The second-order valence-electron chi connectivity index (χ2n) is 3.67. The van der Waals surface area contributed by atoms with Gasteiger partial charge in [0.2, 0.25) is 5.88 Å². The van der Waals surface area contributed by atoms with E-state index in [0.717, 1.165) is 28.1 Å². The van der Waals surface area contributed by atoms with Gasteiger partial charge in [0, 0.05) is 11.6 Å². The Kier molecular flexibility index (Phi) is 1.73. The molecule has 2 heterocycles. The Balaban J connectivity index is 2.17. The zero-order valence-electron chi connectivity index (χ0n) is 8.69. The average Bonchev–Trinajstić information content (AvgIpc) is 2.81. The Morgan fingerprint density at radius 2 is 2.19 bits per heavy atom. The first-order chi connectivity index (χ1) is 7.72. The molecule has 5 heteroatoms. The molecule has 3 aromatic rings. The molecule has 0 spiro atoms. The maximum atomic E-state index is 5.48. The Bertz CT molecular complexity index is 653. The normalized spacial score (nSPS) is 11.1. The number of benzene rings is 1. The number of nitrogens with zero attached hydrogens (tertiary/aromatic N) is 2. The SMILES string of the molecule is Cc1nc2ccc(-c3cc(N)on3)cc2[nH]1. The molecule has 0 atom stereocenters. The van der Waals surface area contributed by atoms with Crippen molar-refractivity contribution in [2.75, 3.05) is 5.73 Å². The Morgan fingerprint density at radius 1 is 1.31 bits per heavy atom. The van der Waals surface area contributed by atoms with Crippen LogP contribution in [0.25, 0.3) is 22.3 Å². The highest BCUT2D eigenvalue weighted by Gasteiger charge is 2.06. The topological polar surface area (TPSA) is 80.7 Å². The number of H-pyrrole nitrogens is 1. The zero-order valence-corrected chi connectivity index (χ0v) is 8.69. The first-order valence-electron chi connectivity index (χ1n) is 4.91. The molecule has 0 saturated carbocycles. The minimum atomic E-state index is 0.316. The van der Waals surface area contributed by atoms with Crippen LogP contribution in [0, 0.1) is 6.92 Å². The fraction of sp³-hybridized carbons (Fsp3) is 0.0909. The monoisotopic (exact) mass is 214 g/mol. The molecule has 0 aliphatic carbocycles. The van der Waals surface area contributed by atoms with E-state index in [0.29, 0.717) is 5.88 Å². The summed E-state index contributed by atoms with van der Waals surface area (Å²) < 4.78 is 4.84. The van der Waals surface area contributed by atoms with Gasteiger partial charge in [-0.25, -0.2) is 4.98 Å². The molecule has 0 aliphatic rings. The third kappa shape index (κ3) is 1.33. The first-order valence-corrected chi connectivity index (χ1v) is 4.91. The molecular weight excluding hydrogens is 204 g/mol. The molecule has 3 N–H and O–H groups in total. The zero-order chi connectivity index (χ0) is 11.1. The van der Waals surface area contributed by atoms with Crippen molar-refractivity contribution < 1.29 is 4.52 Å². The highest BCUT2D eigenvalue weighted by molar-refractivity contribution is 5.81. The molecule has 0 unspecified atom stereocenters. The average molecular weight is 214 g/mol. The van der Waals surface area contributed by atoms with Gasteiger partial charge in [-0.15, -0.1) is 0 Å². The second kappa shape index (κ2) is 3.10. The van der Waals surface area contributed by atoms with E-state index in [1.807, 2.05) is 25.1 Å². The summed E-state index contributed by atoms with van der Waals surface area (Å²) in [4.78, 5) is 7.50. The van der Waals surface area contributed by atoms with E-state index in [4.69, 9.17) is 10.3 Å². The summed E-state index contributed by atoms with van der Waals surface area (Å²) in [5.41, 5.74) is 9.09. The number of hydrogen-bond acceptors (Lipinski definition) is 4. The van der Waals surface area contributed by atoms with Crippen LogP contribution in [0.3, 0.4) is 0 Å². The molecule has 0 fully saturated rings. The van der Waals surface area contributed by atoms with Gasteiger partial charge in [-0.1, -0.05) is 11.2 Å². The summed E-state index contributed by atoms with van der Waals surface area (Å²) in [6, 6.07) is 7.57. The molecular formula is C11H10N4O. The molecule has 16 heavy (non-hydrogen) atoms. The fourth-order valence-corrected chi connectivity index (χ4v) is 1.72. The largest absolute Gasteiger partial charge is 0.368 e. The van der Waals surface area contributed by atoms with Crippen LogP contribution >= 0.6 is 0 Å². The van der Waals surface area contributed by atoms with E-state index in [9.17, 15) is 0 Å². The van der Waals surface area contributed by atoms with Crippen molar-refractivity contribution in [3.63, 3.8) is 0 Å². The minimum Gasteiger partial charge on any atom is -0.368 e. The fourth-order valence-electron chi connectivity index (χ4n) is 1.72. The van der Waals surface area contributed by atoms with Crippen LogP contribution in [0.2, 0.25) is 0 Å². The molecule has 3 rings (SSSR count). The van der Waals surface area contributed by atoms with Gasteiger partial charge < -0.3 is 15.2 Å². The smallest absolute Gasteiger partial charge is 0.222 e. The lowest BCUT2D eigenvalue weighted by molar-refractivity contribution is 0.439. The van der Waals surface area contributed by atoms with E-state index in [1.54, 1.807) is 6.07 Å². The van der Waals surface area contributed by atoms with E-state index in [-0.39, 0.29) is 0 Å². The van der Waals surface area contributed by atoms with Gasteiger partial charge >= 0.3 is 0 Å². The van der Waals surface area contributed by atoms with Crippen LogP contribution in [0.1, 0.15) is 5.82 Å². The van der Waals surface area contributed by atoms with Crippen molar-refractivity contribution in [3.05, 3.63) is 30.1 Å². The summed E-state index contributed by atoms with van der Waals surface area (Å²) in [6.45, 7) is 1.92. The Morgan fingerprint density at radius 3 is 2.94 bits per heavy atom. The maximum Gasteiger partial charge on any atom is 0.222 e. The summed E-state index contributed by atoms with van der Waals surface area (Å²) >= 11 is 0. The second-order valence-corrected chi connectivity index (χ2v) is 3.67. The van der Waals surface area contributed by atoms with Crippen molar-refractivity contribution >= 4 is 16.9 Å². The van der Waals surface area contributed by atoms with Crippen LogP contribution < -0.4 is 5.73 Å². The van der Waals surface area contributed by atoms with E-state index < -0.39 is 0 Å². The van der Waals surface area contributed by atoms with Crippen molar-refractivity contribution in [2.24, 2.45) is 0 Å². The number of nitrogen functional groups attached to an aromatic ring is 1. The molecule has 5 nitrogen and oxygen atoms in total. The maximum absolute atomic E-state index is 5.48. The third-order valence-electron chi connectivity index (χ3n) is 2.42. The van der Waals surface area contributed by atoms with Crippen LogP contribution in [0.4, 0.5) is 5.88 Å². The van der Waals surface area contributed by atoms with Crippen molar-refractivity contribution in [2.45, 2.75) is 6.92 Å². The summed E-state index contributed by atoms with van der Waals surface area (Å²) in [5.74, 6) is 1.21. The quantitative estimate of drug-likeness (QED) is 0.650. The standard InChI is InChI=1S/C11H10N4O/c1-6-13-8-3-2-7(4-10(8)14-6)9-5-11(12)16-15-9/h2-5H,12H2,1H3,(H,13,14). The van der Waals surface area contributed by atoms with Gasteiger partial charge in [-0.2, -0.15) is 0 Å².